The zero-order valence-electron chi connectivity index (χ0n) is 4.89. The van der Waals surface area contributed by atoms with Gasteiger partial charge in [-0.1, -0.05) is 0 Å². The molecule has 0 aromatic carbocycles. The molecule has 8 heavy (non-hydrogen) atoms. The van der Waals surface area contributed by atoms with Crippen LogP contribution in [0.5, 0.6) is 0 Å². The van der Waals surface area contributed by atoms with Gasteiger partial charge >= 0.3 is 26.2 Å². The summed E-state index contributed by atoms with van der Waals surface area (Å²) in [6, 6.07) is 0. The molecule has 0 atom stereocenters. The molecule has 0 saturated heterocycles. The summed E-state index contributed by atoms with van der Waals surface area (Å²) >= 11 is 4.59. The average Bonchev–Trinajstić information content (AvgIpc) is 1.68. The minimum absolute atomic E-state index is 0. The van der Waals surface area contributed by atoms with Gasteiger partial charge in [0.2, 0.25) is 0 Å². The average molecular weight is 130 g/mol. The van der Waals surface area contributed by atoms with Gasteiger partial charge in [-0.15, -0.1) is 0 Å². The summed E-state index contributed by atoms with van der Waals surface area (Å²) in [5, 5.41) is 9.92. The predicted molar refractivity (Wildman–Crippen MR) is 24.3 cm³/mol. The van der Waals surface area contributed by atoms with Crippen molar-refractivity contribution in [3.63, 3.8) is 0 Å². The van der Waals surface area contributed by atoms with Gasteiger partial charge in [0.25, 0.3) is 0 Å². The van der Waals surface area contributed by atoms with Crippen molar-refractivity contribution < 1.29 is 32.7 Å². The Kier molecular flexibility index (Phi) is 11.4. The first kappa shape index (κ1) is 11.6. The summed E-state index contributed by atoms with van der Waals surface area (Å²) in [5.74, 6) is 0. The van der Waals surface area contributed by atoms with Crippen molar-refractivity contribution in [3.8, 4) is 0 Å². The third kappa shape index (κ3) is 6.83. The summed E-state index contributed by atoms with van der Waals surface area (Å²) < 4.78 is 7.97. The monoisotopic (exact) mass is 130 g/mol. The van der Waals surface area contributed by atoms with E-state index in [1.54, 1.807) is 6.92 Å². The molecule has 42 valence electrons. The number of hydrogen-bond donors (Lipinski definition) is 0. The van der Waals surface area contributed by atoms with E-state index in [1.165, 1.54) is 0 Å². The number of hydrogen-bond acceptors (Lipinski definition) is 3. The molecule has 0 aliphatic heterocycles. The summed E-state index contributed by atoms with van der Waals surface area (Å²) in [6.45, 7) is 2.00. The fourth-order valence-electron chi connectivity index (χ4n) is 0.162. The van der Waals surface area contributed by atoms with Crippen LogP contribution in [0.1, 0.15) is 6.92 Å². The third-order valence-corrected chi connectivity index (χ3v) is 0.521. The molecule has 0 rings (SSSR count). The van der Waals surface area contributed by atoms with E-state index in [1.807, 2.05) is 0 Å². The molecule has 0 saturated carbocycles. The summed E-state index contributed by atoms with van der Waals surface area (Å²) in [7, 11) is -1.54. The third-order valence-electron chi connectivity index (χ3n) is 0.375. The summed E-state index contributed by atoms with van der Waals surface area (Å²) in [6.07, 6.45) is 0. The van der Waals surface area contributed by atoms with E-state index in [0.29, 0.717) is 6.61 Å². The molecule has 0 aromatic rings. The van der Waals surface area contributed by atoms with E-state index in [2.05, 4.69) is 20.7 Å². The number of halogens is 1. The van der Waals surface area contributed by atoms with Gasteiger partial charge in [-0.3, -0.25) is 0 Å². The Labute approximate surface area is 65.8 Å². The molecule has 0 bridgehead atoms. The van der Waals surface area contributed by atoms with Crippen LogP contribution in [0.25, 0.3) is 0 Å². The molecular formula is C2H5BClLiO3. The van der Waals surface area contributed by atoms with Crippen LogP contribution in [-0.2, 0) is 8.86 Å². The second kappa shape index (κ2) is 7.83. The molecule has 0 unspecified atom stereocenters. The molecule has 0 spiro atoms. The normalized spacial score (nSPS) is 7.88. The van der Waals surface area contributed by atoms with Crippen LogP contribution in [0.3, 0.4) is 0 Å². The Bertz CT molecular complexity index is 48.3. The smallest absolute Gasteiger partial charge is 0.831 e. The van der Waals surface area contributed by atoms with Crippen molar-refractivity contribution in [2.45, 2.75) is 6.92 Å². The molecule has 6 heteroatoms. The molecular weight excluding hydrogens is 125 g/mol. The van der Waals surface area contributed by atoms with Crippen LogP contribution in [0.15, 0.2) is 0 Å². The Morgan fingerprint density at radius 2 is 2.25 bits per heavy atom. The maximum atomic E-state index is 9.92. The van der Waals surface area contributed by atoms with Crippen molar-refractivity contribution in [1.82, 2.24) is 0 Å². The van der Waals surface area contributed by atoms with Crippen LogP contribution in [-0.4, -0.2) is 13.9 Å². The standard InChI is InChI=1S/C2H5BClO3.Li/c1-2-6-3(5)7-4;/h2H2,1H3;/q-1;+1. The molecule has 0 radical (unpaired) electrons. The topological polar surface area (TPSA) is 41.5 Å². The zero-order chi connectivity index (χ0) is 5.70. The van der Waals surface area contributed by atoms with Crippen molar-refractivity contribution in [3.05, 3.63) is 0 Å². The second-order valence-corrected chi connectivity index (χ2v) is 1.01. The van der Waals surface area contributed by atoms with Gasteiger partial charge in [0.1, 0.15) is 0 Å². The first-order chi connectivity index (χ1) is 3.31. The maximum absolute atomic E-state index is 9.92. The van der Waals surface area contributed by atoms with Crippen LogP contribution < -0.4 is 23.9 Å². The Morgan fingerprint density at radius 1 is 1.75 bits per heavy atom. The second-order valence-electron chi connectivity index (χ2n) is 0.833. The predicted octanol–water partition coefficient (Wildman–Crippen LogP) is -3.46. The minimum atomic E-state index is -1.54. The number of rotatable bonds is 3. The molecule has 3 nitrogen and oxygen atoms in total. The summed E-state index contributed by atoms with van der Waals surface area (Å²) in [5.41, 5.74) is 0. The van der Waals surface area contributed by atoms with E-state index in [-0.39, 0.29) is 18.9 Å². The molecule has 0 heterocycles. The maximum Gasteiger partial charge on any atom is 1.00 e. The molecule has 0 aliphatic rings. The van der Waals surface area contributed by atoms with Gasteiger partial charge in [-0.2, -0.15) is 0 Å². The first-order valence-electron chi connectivity index (χ1n) is 1.86. The summed E-state index contributed by atoms with van der Waals surface area (Å²) in [4.78, 5) is 0. The minimum Gasteiger partial charge on any atom is -0.831 e. The van der Waals surface area contributed by atoms with E-state index < -0.39 is 7.32 Å². The van der Waals surface area contributed by atoms with Gasteiger partial charge in [0, 0.05) is 18.5 Å². The van der Waals surface area contributed by atoms with Crippen molar-refractivity contribution in [1.29, 1.82) is 0 Å². The Hall–Kier alpha value is 0.832. The van der Waals surface area contributed by atoms with E-state index in [9.17, 15) is 5.02 Å². The quantitative estimate of drug-likeness (QED) is 0.373. The van der Waals surface area contributed by atoms with Gasteiger partial charge < -0.3 is 13.9 Å². The van der Waals surface area contributed by atoms with E-state index in [4.69, 9.17) is 0 Å². The fourth-order valence-corrected chi connectivity index (χ4v) is 0.213. The van der Waals surface area contributed by atoms with Gasteiger partial charge in [0.15, 0.2) is 0 Å². The Balaban J connectivity index is 0. The van der Waals surface area contributed by atoms with Gasteiger partial charge in [-0.25, -0.2) is 0 Å². The van der Waals surface area contributed by atoms with Crippen molar-refractivity contribution >= 4 is 19.2 Å². The van der Waals surface area contributed by atoms with Crippen LogP contribution in [0.2, 0.25) is 0 Å². The molecule has 0 aliphatic carbocycles. The Morgan fingerprint density at radius 3 is 2.38 bits per heavy atom. The molecule has 0 aromatic heterocycles. The molecule has 0 N–H and O–H groups in total. The van der Waals surface area contributed by atoms with Crippen LogP contribution >= 0.6 is 11.9 Å². The van der Waals surface area contributed by atoms with Gasteiger partial charge in [-0.05, 0) is 6.92 Å². The van der Waals surface area contributed by atoms with Crippen molar-refractivity contribution in [2.75, 3.05) is 6.61 Å². The fraction of sp³-hybridized carbons (Fsp3) is 1.00. The van der Waals surface area contributed by atoms with Crippen molar-refractivity contribution in [2.24, 2.45) is 0 Å². The van der Waals surface area contributed by atoms with E-state index >= 15 is 0 Å². The largest absolute Gasteiger partial charge is 1.00 e. The molecule has 0 amide bonds. The zero-order valence-corrected chi connectivity index (χ0v) is 5.64. The SMILES string of the molecule is CCOB([O-])OCl.[Li+]. The van der Waals surface area contributed by atoms with Crippen LogP contribution in [0, 0.1) is 0 Å². The van der Waals surface area contributed by atoms with E-state index in [0.717, 1.165) is 0 Å². The van der Waals surface area contributed by atoms with Gasteiger partial charge in [0.05, 0.1) is 0 Å². The van der Waals surface area contributed by atoms with Crippen LogP contribution in [0.4, 0.5) is 0 Å². The molecule has 0 fully saturated rings. The first-order valence-corrected chi connectivity index (χ1v) is 2.17.